The SMILES string of the molecule is CC(C)CCC[C@@H](C)C1CCC2C3CCC4CC(OCCC#N)CCC4(C)C3CCC21C. The second kappa shape index (κ2) is 9.98. The van der Waals surface area contributed by atoms with Crippen LogP contribution in [0.2, 0.25) is 0 Å². The van der Waals surface area contributed by atoms with Gasteiger partial charge in [-0.25, -0.2) is 0 Å². The number of nitriles is 1. The lowest BCUT2D eigenvalue weighted by atomic mass is 9.44. The van der Waals surface area contributed by atoms with Gasteiger partial charge in [0.15, 0.2) is 0 Å². The molecule has 9 atom stereocenters. The second-order valence-electron chi connectivity index (χ2n) is 13.4. The molecule has 182 valence electrons. The Morgan fingerprint density at radius 2 is 1.66 bits per heavy atom. The molecule has 0 amide bonds. The fourth-order valence-corrected chi connectivity index (χ4v) is 9.67. The van der Waals surface area contributed by atoms with Crippen LogP contribution in [-0.2, 0) is 4.74 Å². The molecule has 0 radical (unpaired) electrons. The van der Waals surface area contributed by atoms with Crippen molar-refractivity contribution in [1.29, 1.82) is 5.26 Å². The Bertz CT molecular complexity index is 666. The Labute approximate surface area is 199 Å². The minimum absolute atomic E-state index is 0.411. The maximum Gasteiger partial charge on any atom is 0.0645 e. The zero-order chi connectivity index (χ0) is 22.9. The van der Waals surface area contributed by atoms with Crippen LogP contribution in [-0.4, -0.2) is 12.7 Å². The highest BCUT2D eigenvalue weighted by molar-refractivity contribution is 5.09. The molecule has 4 aliphatic rings. The topological polar surface area (TPSA) is 33.0 Å². The summed E-state index contributed by atoms with van der Waals surface area (Å²) >= 11 is 0. The van der Waals surface area contributed by atoms with Gasteiger partial charge in [-0.2, -0.15) is 5.26 Å². The van der Waals surface area contributed by atoms with Crippen molar-refractivity contribution in [3.05, 3.63) is 0 Å². The Morgan fingerprint density at radius 3 is 2.41 bits per heavy atom. The maximum atomic E-state index is 8.84. The molecule has 4 rings (SSSR count). The summed E-state index contributed by atoms with van der Waals surface area (Å²) in [6.45, 7) is 13.4. The van der Waals surface area contributed by atoms with Crippen molar-refractivity contribution in [3.63, 3.8) is 0 Å². The van der Waals surface area contributed by atoms with Gasteiger partial charge < -0.3 is 4.74 Å². The van der Waals surface area contributed by atoms with Crippen LogP contribution in [0, 0.1) is 63.6 Å². The van der Waals surface area contributed by atoms with E-state index in [-0.39, 0.29) is 0 Å². The lowest BCUT2D eigenvalue weighted by Crippen LogP contribution is -2.54. The average molecular weight is 442 g/mol. The molecule has 4 saturated carbocycles. The summed E-state index contributed by atoms with van der Waals surface area (Å²) in [5.74, 6) is 6.51. The van der Waals surface area contributed by atoms with Crippen molar-refractivity contribution in [2.75, 3.05) is 6.61 Å². The molecule has 0 aromatic rings. The molecule has 0 aliphatic heterocycles. The number of ether oxygens (including phenoxy) is 1. The third-order valence-electron chi connectivity index (χ3n) is 11.4. The number of fused-ring (bicyclic) bond motifs is 5. The first-order valence-electron chi connectivity index (χ1n) is 14.3. The van der Waals surface area contributed by atoms with Gasteiger partial charge in [0.05, 0.1) is 25.2 Å². The van der Waals surface area contributed by atoms with E-state index < -0.39 is 0 Å². The summed E-state index contributed by atoms with van der Waals surface area (Å²) in [5.41, 5.74) is 1.15. The number of hydrogen-bond acceptors (Lipinski definition) is 2. The van der Waals surface area contributed by atoms with Crippen molar-refractivity contribution in [1.82, 2.24) is 0 Å². The van der Waals surface area contributed by atoms with Crippen molar-refractivity contribution >= 4 is 0 Å². The molecule has 4 fully saturated rings. The molecule has 0 aromatic carbocycles. The first-order chi connectivity index (χ1) is 15.3. The molecule has 2 nitrogen and oxygen atoms in total. The highest BCUT2D eigenvalue weighted by Gasteiger charge is 2.60. The van der Waals surface area contributed by atoms with Crippen LogP contribution in [0.3, 0.4) is 0 Å². The van der Waals surface area contributed by atoms with Gasteiger partial charge in [-0.1, -0.05) is 53.9 Å². The number of nitrogens with zero attached hydrogens (tertiary/aromatic N) is 1. The van der Waals surface area contributed by atoms with E-state index in [0.717, 1.165) is 41.4 Å². The van der Waals surface area contributed by atoms with Crippen LogP contribution in [0.15, 0.2) is 0 Å². The highest BCUT2D eigenvalue weighted by atomic mass is 16.5. The normalized spacial score (nSPS) is 44.4. The predicted octanol–water partition coefficient (Wildman–Crippen LogP) is 8.41. The van der Waals surface area contributed by atoms with Gasteiger partial charge in [0.1, 0.15) is 0 Å². The second-order valence-corrected chi connectivity index (χ2v) is 13.4. The van der Waals surface area contributed by atoms with E-state index >= 15 is 0 Å². The van der Waals surface area contributed by atoms with Gasteiger partial charge in [0, 0.05) is 0 Å². The largest absolute Gasteiger partial charge is 0.377 e. The Kier molecular flexibility index (Phi) is 7.66. The van der Waals surface area contributed by atoms with Gasteiger partial charge in [-0.3, -0.25) is 0 Å². The van der Waals surface area contributed by atoms with E-state index in [1.54, 1.807) is 0 Å². The van der Waals surface area contributed by atoms with Crippen molar-refractivity contribution < 1.29 is 4.74 Å². The van der Waals surface area contributed by atoms with Gasteiger partial charge in [0.2, 0.25) is 0 Å². The third kappa shape index (κ3) is 4.54. The van der Waals surface area contributed by atoms with Crippen LogP contribution in [0.25, 0.3) is 0 Å². The Morgan fingerprint density at radius 1 is 0.906 bits per heavy atom. The molecule has 2 heteroatoms. The molecule has 0 spiro atoms. The quantitative estimate of drug-likeness (QED) is 0.354. The first-order valence-corrected chi connectivity index (χ1v) is 14.3. The van der Waals surface area contributed by atoms with Crippen LogP contribution in [0.5, 0.6) is 0 Å². The number of rotatable bonds is 8. The highest BCUT2D eigenvalue weighted by Crippen LogP contribution is 2.68. The van der Waals surface area contributed by atoms with E-state index in [1.807, 2.05) is 0 Å². The lowest BCUT2D eigenvalue weighted by Gasteiger charge is -2.61. The van der Waals surface area contributed by atoms with E-state index in [9.17, 15) is 0 Å². The third-order valence-corrected chi connectivity index (χ3v) is 11.4. The molecule has 0 N–H and O–H groups in total. The number of hydrogen-bond donors (Lipinski definition) is 0. The summed E-state index contributed by atoms with van der Waals surface area (Å²) in [5, 5.41) is 8.84. The molecule has 32 heavy (non-hydrogen) atoms. The molecule has 8 unspecified atom stereocenters. The molecule has 0 saturated heterocycles. The predicted molar refractivity (Wildman–Crippen MR) is 133 cm³/mol. The van der Waals surface area contributed by atoms with Crippen molar-refractivity contribution in [2.45, 2.75) is 124 Å². The zero-order valence-corrected chi connectivity index (χ0v) is 21.9. The zero-order valence-electron chi connectivity index (χ0n) is 21.9. The van der Waals surface area contributed by atoms with Crippen molar-refractivity contribution in [2.24, 2.45) is 52.3 Å². The first kappa shape index (κ1) is 24.6. The van der Waals surface area contributed by atoms with Crippen molar-refractivity contribution in [3.8, 4) is 6.07 Å². The Balaban J connectivity index is 1.40. The van der Waals surface area contributed by atoms with Gasteiger partial charge >= 0.3 is 0 Å². The molecule has 0 aromatic heterocycles. The maximum absolute atomic E-state index is 8.84. The van der Waals surface area contributed by atoms with E-state index in [4.69, 9.17) is 10.00 Å². The van der Waals surface area contributed by atoms with Gasteiger partial charge in [-0.15, -0.1) is 0 Å². The van der Waals surface area contributed by atoms with Crippen LogP contribution in [0.1, 0.15) is 118 Å². The molecular weight excluding hydrogens is 390 g/mol. The lowest BCUT2D eigenvalue weighted by molar-refractivity contribution is -0.136. The minimum Gasteiger partial charge on any atom is -0.377 e. The summed E-state index contributed by atoms with van der Waals surface area (Å²) in [7, 11) is 0. The van der Waals surface area contributed by atoms with Gasteiger partial charge in [-0.05, 0) is 110 Å². The summed E-state index contributed by atoms with van der Waals surface area (Å²) in [4.78, 5) is 0. The van der Waals surface area contributed by atoms with Crippen LogP contribution in [0.4, 0.5) is 0 Å². The fraction of sp³-hybridized carbons (Fsp3) is 0.967. The van der Waals surface area contributed by atoms with Gasteiger partial charge in [0.25, 0.3) is 0 Å². The summed E-state index contributed by atoms with van der Waals surface area (Å²) in [6.07, 6.45) is 18.0. The summed E-state index contributed by atoms with van der Waals surface area (Å²) < 4.78 is 6.10. The van der Waals surface area contributed by atoms with Crippen LogP contribution < -0.4 is 0 Å². The molecular formula is C30H51NO. The Hall–Kier alpha value is -0.550. The molecule has 0 heterocycles. The summed E-state index contributed by atoms with van der Waals surface area (Å²) in [6, 6.07) is 2.24. The fourth-order valence-electron chi connectivity index (χ4n) is 9.67. The van der Waals surface area contributed by atoms with Crippen LogP contribution >= 0.6 is 0 Å². The smallest absolute Gasteiger partial charge is 0.0645 e. The molecule has 0 bridgehead atoms. The standard InChI is InChI=1S/C30H51NO/c1-21(2)8-6-9-22(3)26-12-13-27-25-11-10-23-20-24(32-19-7-18-31)14-16-29(23,4)28(25)15-17-30(26,27)5/h21-28H,6-17,19-20H2,1-5H3/t22-,23?,24?,25?,26?,27?,28?,29?,30?/m1/s1. The monoisotopic (exact) mass is 441 g/mol. The van der Waals surface area contributed by atoms with E-state index in [2.05, 4.69) is 40.7 Å². The van der Waals surface area contributed by atoms with E-state index in [1.165, 1.54) is 77.0 Å². The van der Waals surface area contributed by atoms with E-state index in [0.29, 0.717) is 30.0 Å². The molecule has 4 aliphatic carbocycles. The minimum atomic E-state index is 0.411. The average Bonchev–Trinajstić information content (AvgIpc) is 3.11.